The first-order chi connectivity index (χ1) is 8.61. The highest BCUT2D eigenvalue weighted by molar-refractivity contribution is 5.26. The zero-order valence-corrected chi connectivity index (χ0v) is 10.4. The number of hydrogen-bond acceptors (Lipinski definition) is 3. The monoisotopic (exact) mass is 256 g/mol. The number of rotatable bonds is 4. The van der Waals surface area contributed by atoms with Crippen LogP contribution < -0.4 is 5.73 Å². The van der Waals surface area contributed by atoms with E-state index in [9.17, 15) is 8.78 Å². The van der Waals surface area contributed by atoms with E-state index in [1.165, 1.54) is 12.1 Å². The van der Waals surface area contributed by atoms with Crippen molar-refractivity contribution < 1.29 is 13.5 Å². The van der Waals surface area contributed by atoms with Crippen LogP contribution in [0.4, 0.5) is 8.78 Å². The summed E-state index contributed by atoms with van der Waals surface area (Å²) in [4.78, 5) is 2.14. The molecule has 1 fully saturated rings. The minimum atomic E-state index is -0.556. The van der Waals surface area contributed by atoms with E-state index in [4.69, 9.17) is 10.5 Å². The Kier molecular flexibility index (Phi) is 4.27. The Labute approximate surface area is 106 Å². The van der Waals surface area contributed by atoms with Crippen LogP contribution in [0, 0.1) is 11.6 Å². The number of nitrogens with zero attached hydrogens (tertiary/aromatic N) is 1. The highest BCUT2D eigenvalue weighted by atomic mass is 19.1. The zero-order valence-electron chi connectivity index (χ0n) is 10.4. The lowest BCUT2D eigenvalue weighted by Crippen LogP contribution is -2.30. The number of hydrogen-bond donors (Lipinski definition) is 1. The van der Waals surface area contributed by atoms with Gasteiger partial charge in [-0.25, -0.2) is 8.78 Å². The number of likely N-dealkylation sites (tertiary alicyclic amines) is 1. The number of benzene rings is 1. The summed E-state index contributed by atoms with van der Waals surface area (Å²) in [6, 6.07) is 3.57. The van der Waals surface area contributed by atoms with Crippen LogP contribution in [0.15, 0.2) is 18.2 Å². The second-order valence-corrected chi connectivity index (χ2v) is 4.69. The van der Waals surface area contributed by atoms with Crippen molar-refractivity contribution in [1.82, 2.24) is 4.90 Å². The predicted molar refractivity (Wildman–Crippen MR) is 65.4 cm³/mol. The fourth-order valence-electron chi connectivity index (χ4n) is 2.45. The lowest BCUT2D eigenvalue weighted by atomic mass is 9.94. The van der Waals surface area contributed by atoms with Crippen molar-refractivity contribution in [3.8, 4) is 0 Å². The molecule has 3 nitrogen and oxygen atoms in total. The van der Waals surface area contributed by atoms with E-state index < -0.39 is 11.6 Å². The van der Waals surface area contributed by atoms with Gasteiger partial charge in [0.15, 0.2) is 0 Å². The Morgan fingerprint density at radius 3 is 2.83 bits per heavy atom. The van der Waals surface area contributed by atoms with Gasteiger partial charge in [0, 0.05) is 44.8 Å². The third kappa shape index (κ3) is 2.85. The minimum absolute atomic E-state index is 0.0811. The van der Waals surface area contributed by atoms with Crippen LogP contribution in [0.2, 0.25) is 0 Å². The molecular weight excluding hydrogens is 238 g/mol. The summed E-state index contributed by atoms with van der Waals surface area (Å²) >= 11 is 0. The number of nitrogens with two attached hydrogens (primary N) is 1. The topological polar surface area (TPSA) is 38.5 Å². The summed E-state index contributed by atoms with van der Waals surface area (Å²) in [7, 11) is 1.65. The smallest absolute Gasteiger partial charge is 0.129 e. The quantitative estimate of drug-likeness (QED) is 0.883. The average Bonchev–Trinajstić information content (AvgIpc) is 2.68. The van der Waals surface area contributed by atoms with Gasteiger partial charge in [0.1, 0.15) is 11.6 Å². The Bertz CT molecular complexity index is 414. The summed E-state index contributed by atoms with van der Waals surface area (Å²) in [6.07, 6.45) is 0. The highest BCUT2D eigenvalue weighted by Crippen LogP contribution is 2.28. The fourth-order valence-corrected chi connectivity index (χ4v) is 2.45. The summed E-state index contributed by atoms with van der Waals surface area (Å²) < 4.78 is 31.6. The maximum Gasteiger partial charge on any atom is 0.129 e. The summed E-state index contributed by atoms with van der Waals surface area (Å²) in [6.45, 7) is 2.81. The van der Waals surface area contributed by atoms with Gasteiger partial charge in [-0.2, -0.15) is 0 Å². The van der Waals surface area contributed by atoms with Crippen LogP contribution >= 0.6 is 0 Å². The van der Waals surface area contributed by atoms with E-state index in [2.05, 4.69) is 4.90 Å². The van der Waals surface area contributed by atoms with Crippen molar-refractivity contribution >= 4 is 0 Å². The molecule has 2 atom stereocenters. The van der Waals surface area contributed by atoms with E-state index >= 15 is 0 Å². The first-order valence-corrected chi connectivity index (χ1v) is 6.03. The fraction of sp³-hybridized carbons (Fsp3) is 0.538. The van der Waals surface area contributed by atoms with Crippen LogP contribution in [0.1, 0.15) is 11.5 Å². The van der Waals surface area contributed by atoms with Crippen molar-refractivity contribution in [1.29, 1.82) is 0 Å². The number of halogens is 2. The first-order valence-electron chi connectivity index (χ1n) is 6.03. The molecule has 0 saturated carbocycles. The molecule has 100 valence electrons. The maximum absolute atomic E-state index is 13.7. The predicted octanol–water partition coefficient (Wildman–Crippen LogP) is 1.34. The Hall–Kier alpha value is -1.04. The Morgan fingerprint density at radius 2 is 2.17 bits per heavy atom. The molecule has 2 N–H and O–H groups in total. The molecule has 1 saturated heterocycles. The molecule has 5 heteroatoms. The van der Waals surface area contributed by atoms with Gasteiger partial charge in [-0.05, 0) is 11.6 Å². The van der Waals surface area contributed by atoms with Crippen LogP contribution in [0.5, 0.6) is 0 Å². The second-order valence-electron chi connectivity index (χ2n) is 4.69. The molecule has 2 rings (SSSR count). The Morgan fingerprint density at radius 1 is 1.39 bits per heavy atom. The molecule has 1 aliphatic heterocycles. The minimum Gasteiger partial charge on any atom is -0.383 e. The van der Waals surface area contributed by atoms with Crippen LogP contribution in [-0.4, -0.2) is 44.3 Å². The third-order valence-electron chi connectivity index (χ3n) is 3.41. The van der Waals surface area contributed by atoms with Crippen molar-refractivity contribution in [3.05, 3.63) is 35.4 Å². The first kappa shape index (κ1) is 13.4. The van der Waals surface area contributed by atoms with E-state index in [0.717, 1.165) is 12.6 Å². The molecular formula is C13H18F2N2O. The van der Waals surface area contributed by atoms with E-state index in [0.29, 0.717) is 25.3 Å². The molecule has 0 unspecified atom stereocenters. The molecule has 18 heavy (non-hydrogen) atoms. The van der Waals surface area contributed by atoms with Gasteiger partial charge in [-0.3, -0.25) is 4.90 Å². The molecule has 0 aromatic heterocycles. The molecule has 1 heterocycles. The van der Waals surface area contributed by atoms with Gasteiger partial charge in [0.05, 0.1) is 6.61 Å². The van der Waals surface area contributed by atoms with Crippen molar-refractivity contribution in [2.24, 2.45) is 5.73 Å². The maximum atomic E-state index is 13.7. The largest absolute Gasteiger partial charge is 0.383 e. The van der Waals surface area contributed by atoms with Crippen molar-refractivity contribution in [2.75, 3.05) is 33.4 Å². The van der Waals surface area contributed by atoms with Crippen LogP contribution in [-0.2, 0) is 4.74 Å². The van der Waals surface area contributed by atoms with Gasteiger partial charge < -0.3 is 10.5 Å². The second kappa shape index (κ2) is 5.73. The molecule has 0 spiro atoms. The van der Waals surface area contributed by atoms with Crippen LogP contribution in [0.25, 0.3) is 0 Å². The summed E-state index contributed by atoms with van der Waals surface area (Å²) in [5.41, 5.74) is 6.54. The van der Waals surface area contributed by atoms with Gasteiger partial charge >= 0.3 is 0 Å². The molecule has 0 radical (unpaired) electrons. The third-order valence-corrected chi connectivity index (χ3v) is 3.41. The molecule has 1 aliphatic rings. The molecule has 0 bridgehead atoms. The van der Waals surface area contributed by atoms with Gasteiger partial charge in [0.2, 0.25) is 0 Å². The summed E-state index contributed by atoms with van der Waals surface area (Å²) in [5.74, 6) is -1.15. The molecule has 0 amide bonds. The Balaban J connectivity index is 2.09. The normalized spacial score (nSPS) is 24.7. The highest BCUT2D eigenvalue weighted by Gasteiger charge is 2.32. The number of ether oxygens (including phenoxy) is 1. The lowest BCUT2D eigenvalue weighted by molar-refractivity contribution is 0.159. The molecule has 1 aromatic carbocycles. The summed E-state index contributed by atoms with van der Waals surface area (Å²) in [5, 5.41) is 0. The molecule has 1 aromatic rings. The molecule has 0 aliphatic carbocycles. The van der Waals surface area contributed by atoms with E-state index in [-0.39, 0.29) is 12.0 Å². The van der Waals surface area contributed by atoms with Gasteiger partial charge in [0.25, 0.3) is 0 Å². The zero-order chi connectivity index (χ0) is 13.1. The SMILES string of the molecule is COCCN1C[C@@H](N)[C@H](c2ccc(F)cc2F)C1. The van der Waals surface area contributed by atoms with E-state index in [1.807, 2.05) is 0 Å². The van der Waals surface area contributed by atoms with Gasteiger partial charge in [-0.15, -0.1) is 0 Å². The van der Waals surface area contributed by atoms with E-state index in [1.54, 1.807) is 7.11 Å². The van der Waals surface area contributed by atoms with Crippen molar-refractivity contribution in [3.63, 3.8) is 0 Å². The lowest BCUT2D eigenvalue weighted by Gasteiger charge is -2.16. The standard InChI is InChI=1S/C13H18F2N2O/c1-18-5-4-17-7-11(13(16)8-17)10-3-2-9(14)6-12(10)15/h2-3,6,11,13H,4-5,7-8,16H2,1H3/t11-,13+/m0/s1. The average molecular weight is 256 g/mol. The van der Waals surface area contributed by atoms with Crippen molar-refractivity contribution in [2.45, 2.75) is 12.0 Å². The van der Waals surface area contributed by atoms with Gasteiger partial charge in [-0.1, -0.05) is 6.07 Å². The number of methoxy groups -OCH3 is 1. The van der Waals surface area contributed by atoms with Crippen LogP contribution in [0.3, 0.4) is 0 Å².